The molecule has 0 N–H and O–H groups in total. The van der Waals surface area contributed by atoms with E-state index in [4.69, 9.17) is 4.74 Å². The summed E-state index contributed by atoms with van der Waals surface area (Å²) in [6, 6.07) is 15.8. The van der Waals surface area contributed by atoms with E-state index >= 15 is 0 Å². The summed E-state index contributed by atoms with van der Waals surface area (Å²) >= 11 is 3.42. The fraction of sp³-hybridized carbons (Fsp3) is 0.235. The van der Waals surface area contributed by atoms with Gasteiger partial charge in [0, 0.05) is 11.7 Å². The third kappa shape index (κ3) is 2.81. The van der Waals surface area contributed by atoms with Crippen LogP contribution in [0.15, 0.2) is 53.0 Å². The van der Waals surface area contributed by atoms with Gasteiger partial charge in [0.15, 0.2) is 6.61 Å². The lowest BCUT2D eigenvalue weighted by atomic mass is 10.1. The van der Waals surface area contributed by atoms with Crippen LogP contribution in [0.5, 0.6) is 5.75 Å². The zero-order chi connectivity index (χ0) is 14.8. The number of hydrogen-bond acceptors (Lipinski definition) is 2. The number of anilines is 1. The Morgan fingerprint density at radius 2 is 1.95 bits per heavy atom. The number of rotatable bonds is 3. The topological polar surface area (TPSA) is 29.5 Å². The molecule has 1 aliphatic rings. The van der Waals surface area contributed by atoms with E-state index in [1.807, 2.05) is 47.4 Å². The molecule has 3 nitrogen and oxygen atoms in total. The Hall–Kier alpha value is -1.81. The molecule has 1 atom stereocenters. The molecule has 108 valence electrons. The fourth-order valence-electron chi connectivity index (χ4n) is 2.72. The summed E-state index contributed by atoms with van der Waals surface area (Å²) < 4.78 is 6.49. The normalized spacial score (nSPS) is 16.7. The van der Waals surface area contributed by atoms with Crippen LogP contribution in [-0.2, 0) is 11.2 Å². The third-order valence-electron chi connectivity index (χ3n) is 3.66. The van der Waals surface area contributed by atoms with Crippen molar-refractivity contribution in [2.45, 2.75) is 19.4 Å². The lowest BCUT2D eigenvalue weighted by Crippen LogP contribution is -2.39. The summed E-state index contributed by atoms with van der Waals surface area (Å²) in [4.78, 5) is 14.3. The highest BCUT2D eigenvalue weighted by Crippen LogP contribution is 2.32. The van der Waals surface area contributed by atoms with Crippen LogP contribution in [-0.4, -0.2) is 18.6 Å². The molecule has 0 aromatic heterocycles. The smallest absolute Gasteiger partial charge is 0.265 e. The standard InChI is InChI=1S/C17H16BrNO2/c1-12-10-13-6-2-4-8-15(13)19(12)17(20)11-21-16-9-5-3-7-14(16)18/h2-9,12H,10-11H2,1H3. The number of fused-ring (bicyclic) bond motifs is 1. The number of halogens is 1. The summed E-state index contributed by atoms with van der Waals surface area (Å²) in [5, 5.41) is 0. The predicted molar refractivity (Wildman–Crippen MR) is 86.7 cm³/mol. The Labute approximate surface area is 132 Å². The summed E-state index contributed by atoms with van der Waals surface area (Å²) in [7, 11) is 0. The van der Waals surface area contributed by atoms with Gasteiger partial charge in [-0.25, -0.2) is 0 Å². The molecule has 0 saturated heterocycles. The van der Waals surface area contributed by atoms with Gasteiger partial charge in [-0.3, -0.25) is 4.79 Å². The number of amides is 1. The zero-order valence-electron chi connectivity index (χ0n) is 11.8. The number of carbonyl (C=O) groups is 1. The molecule has 0 radical (unpaired) electrons. The molecule has 0 bridgehead atoms. The van der Waals surface area contributed by atoms with E-state index in [2.05, 4.69) is 28.9 Å². The van der Waals surface area contributed by atoms with Crippen LogP contribution < -0.4 is 9.64 Å². The average Bonchev–Trinajstić information content (AvgIpc) is 2.82. The number of para-hydroxylation sites is 2. The van der Waals surface area contributed by atoms with Gasteiger partial charge in [-0.1, -0.05) is 30.3 Å². The van der Waals surface area contributed by atoms with Crippen LogP contribution in [0.25, 0.3) is 0 Å². The summed E-state index contributed by atoms with van der Waals surface area (Å²) in [5.74, 6) is 0.675. The highest BCUT2D eigenvalue weighted by Gasteiger charge is 2.30. The van der Waals surface area contributed by atoms with E-state index in [-0.39, 0.29) is 18.6 Å². The van der Waals surface area contributed by atoms with Crippen molar-refractivity contribution in [3.8, 4) is 5.75 Å². The van der Waals surface area contributed by atoms with Crippen LogP contribution in [0.1, 0.15) is 12.5 Å². The second-order valence-electron chi connectivity index (χ2n) is 5.16. The van der Waals surface area contributed by atoms with Crippen molar-refractivity contribution in [1.82, 2.24) is 0 Å². The Morgan fingerprint density at radius 3 is 2.76 bits per heavy atom. The van der Waals surface area contributed by atoms with Gasteiger partial charge in [0.05, 0.1) is 4.47 Å². The van der Waals surface area contributed by atoms with Gasteiger partial charge in [0.2, 0.25) is 0 Å². The molecule has 4 heteroatoms. The predicted octanol–water partition coefficient (Wildman–Crippen LogP) is 3.81. The maximum absolute atomic E-state index is 12.5. The molecule has 0 aliphatic carbocycles. The van der Waals surface area contributed by atoms with Gasteiger partial charge >= 0.3 is 0 Å². The van der Waals surface area contributed by atoms with Gasteiger partial charge in [-0.05, 0) is 53.0 Å². The monoisotopic (exact) mass is 345 g/mol. The molecule has 2 aromatic rings. The summed E-state index contributed by atoms with van der Waals surface area (Å²) in [5.41, 5.74) is 2.23. The first-order chi connectivity index (χ1) is 10.2. The van der Waals surface area contributed by atoms with Crippen LogP contribution in [0.2, 0.25) is 0 Å². The first-order valence-corrected chi connectivity index (χ1v) is 7.73. The Morgan fingerprint density at radius 1 is 1.24 bits per heavy atom. The van der Waals surface area contributed by atoms with E-state index in [1.165, 1.54) is 5.56 Å². The molecule has 3 rings (SSSR count). The van der Waals surface area contributed by atoms with Crippen LogP contribution in [0.3, 0.4) is 0 Å². The summed E-state index contributed by atoms with van der Waals surface area (Å²) in [6.45, 7) is 2.11. The molecule has 0 fully saturated rings. The van der Waals surface area contributed by atoms with Crippen LogP contribution >= 0.6 is 15.9 Å². The van der Waals surface area contributed by atoms with Gasteiger partial charge in [0.1, 0.15) is 5.75 Å². The molecule has 0 saturated carbocycles. The van der Waals surface area contributed by atoms with E-state index in [0.29, 0.717) is 5.75 Å². The van der Waals surface area contributed by atoms with Crippen molar-refractivity contribution in [2.75, 3.05) is 11.5 Å². The first kappa shape index (κ1) is 14.1. The van der Waals surface area contributed by atoms with Crippen LogP contribution in [0.4, 0.5) is 5.69 Å². The number of benzene rings is 2. The largest absolute Gasteiger partial charge is 0.483 e. The van der Waals surface area contributed by atoms with Gasteiger partial charge in [-0.15, -0.1) is 0 Å². The molecular weight excluding hydrogens is 330 g/mol. The minimum absolute atomic E-state index is 0.0109. The lowest BCUT2D eigenvalue weighted by Gasteiger charge is -2.22. The average molecular weight is 346 g/mol. The minimum Gasteiger partial charge on any atom is -0.483 e. The van der Waals surface area contributed by atoms with Crippen molar-refractivity contribution in [3.63, 3.8) is 0 Å². The van der Waals surface area contributed by atoms with E-state index in [9.17, 15) is 4.79 Å². The molecular formula is C17H16BrNO2. The quantitative estimate of drug-likeness (QED) is 0.846. The Balaban J connectivity index is 1.73. The van der Waals surface area contributed by atoms with E-state index in [0.717, 1.165) is 16.6 Å². The van der Waals surface area contributed by atoms with Crippen molar-refractivity contribution in [3.05, 3.63) is 58.6 Å². The summed E-state index contributed by atoms with van der Waals surface area (Å²) in [6.07, 6.45) is 0.900. The second-order valence-corrected chi connectivity index (χ2v) is 6.02. The van der Waals surface area contributed by atoms with Crippen molar-refractivity contribution < 1.29 is 9.53 Å². The maximum atomic E-state index is 12.5. The number of carbonyl (C=O) groups excluding carboxylic acids is 1. The molecule has 1 amide bonds. The molecule has 1 heterocycles. The number of ether oxygens (including phenoxy) is 1. The molecule has 21 heavy (non-hydrogen) atoms. The second kappa shape index (κ2) is 5.90. The highest BCUT2D eigenvalue weighted by atomic mass is 79.9. The number of hydrogen-bond donors (Lipinski definition) is 0. The van der Waals surface area contributed by atoms with Gasteiger partial charge in [-0.2, -0.15) is 0 Å². The molecule has 1 unspecified atom stereocenters. The van der Waals surface area contributed by atoms with Gasteiger partial charge < -0.3 is 9.64 Å². The van der Waals surface area contributed by atoms with Crippen LogP contribution in [0, 0.1) is 0 Å². The van der Waals surface area contributed by atoms with E-state index in [1.54, 1.807) is 0 Å². The van der Waals surface area contributed by atoms with Crippen molar-refractivity contribution in [1.29, 1.82) is 0 Å². The SMILES string of the molecule is CC1Cc2ccccc2N1C(=O)COc1ccccc1Br. The highest BCUT2D eigenvalue weighted by molar-refractivity contribution is 9.10. The van der Waals surface area contributed by atoms with Crippen molar-refractivity contribution in [2.24, 2.45) is 0 Å². The Bertz CT molecular complexity index is 671. The van der Waals surface area contributed by atoms with Crippen molar-refractivity contribution >= 4 is 27.5 Å². The lowest BCUT2D eigenvalue weighted by molar-refractivity contribution is -0.120. The first-order valence-electron chi connectivity index (χ1n) is 6.94. The molecule has 0 spiro atoms. The maximum Gasteiger partial charge on any atom is 0.265 e. The fourth-order valence-corrected chi connectivity index (χ4v) is 3.12. The molecule has 2 aromatic carbocycles. The minimum atomic E-state index is -0.0109. The van der Waals surface area contributed by atoms with E-state index < -0.39 is 0 Å². The van der Waals surface area contributed by atoms with Gasteiger partial charge in [0.25, 0.3) is 5.91 Å². The zero-order valence-corrected chi connectivity index (χ0v) is 13.3. The molecule has 1 aliphatic heterocycles. The number of nitrogens with zero attached hydrogens (tertiary/aromatic N) is 1. The third-order valence-corrected chi connectivity index (χ3v) is 4.32. The Kier molecular flexibility index (Phi) is 3.97.